The van der Waals surface area contributed by atoms with Crippen LogP contribution in [0.5, 0.6) is 5.75 Å². The van der Waals surface area contributed by atoms with Crippen molar-refractivity contribution in [1.29, 1.82) is 0 Å². The third kappa shape index (κ3) is 5.33. The number of nitrogens with zero attached hydrogens (tertiary/aromatic N) is 3. The van der Waals surface area contributed by atoms with Crippen LogP contribution in [-0.4, -0.2) is 79.0 Å². The van der Waals surface area contributed by atoms with Gasteiger partial charge in [0.25, 0.3) is 0 Å². The molecule has 5 nitrogen and oxygen atoms in total. The average molecular weight is 398 g/mol. The van der Waals surface area contributed by atoms with Crippen molar-refractivity contribution < 1.29 is 18.6 Å². The lowest BCUT2D eigenvalue weighted by Crippen LogP contribution is -2.49. The van der Waals surface area contributed by atoms with Crippen molar-refractivity contribution in [2.45, 2.75) is 45.3 Å². The van der Waals surface area contributed by atoms with E-state index < -0.39 is 17.2 Å². The lowest BCUT2D eigenvalue weighted by Gasteiger charge is -2.38. The molecule has 0 radical (unpaired) electrons. The van der Waals surface area contributed by atoms with Gasteiger partial charge in [0, 0.05) is 64.0 Å². The zero-order valence-electron chi connectivity index (χ0n) is 17.3. The molecule has 7 heteroatoms. The van der Waals surface area contributed by atoms with E-state index in [4.69, 9.17) is 4.74 Å². The highest BCUT2D eigenvalue weighted by Gasteiger charge is 2.27. The summed E-state index contributed by atoms with van der Waals surface area (Å²) in [5.41, 5.74) is -0.533. The Hall–Kier alpha value is -1.44. The first kappa shape index (κ1) is 21.3. The molecule has 0 spiro atoms. The van der Waals surface area contributed by atoms with E-state index in [0.29, 0.717) is 32.3 Å². The third-order valence-electron chi connectivity index (χ3n) is 5.96. The lowest BCUT2D eigenvalue weighted by atomic mass is 9.94. The molecular weight excluding hydrogens is 364 g/mol. The summed E-state index contributed by atoms with van der Waals surface area (Å²) in [6.07, 6.45) is 1.46. The number of rotatable bonds is 6. The van der Waals surface area contributed by atoms with Gasteiger partial charge in [0.05, 0.1) is 5.60 Å². The molecule has 0 saturated carbocycles. The normalized spacial score (nSPS) is 21.3. The van der Waals surface area contributed by atoms with Crippen molar-refractivity contribution in [2.24, 2.45) is 0 Å². The van der Waals surface area contributed by atoms with E-state index in [0.717, 1.165) is 39.0 Å². The lowest BCUT2D eigenvalue weighted by molar-refractivity contribution is -0.00769. The predicted octanol–water partition coefficient (Wildman–Crippen LogP) is 2.72. The highest BCUT2D eigenvalue weighted by molar-refractivity contribution is 5.52. The number of piperidine rings is 1. The molecule has 0 aliphatic carbocycles. The van der Waals surface area contributed by atoms with Crippen LogP contribution in [0.25, 0.3) is 0 Å². The smallest absolute Gasteiger partial charge is 0.153 e. The van der Waals surface area contributed by atoms with Gasteiger partial charge in [-0.3, -0.25) is 9.80 Å². The van der Waals surface area contributed by atoms with Crippen LogP contribution in [0.3, 0.4) is 0 Å². The maximum atomic E-state index is 14.6. The summed E-state index contributed by atoms with van der Waals surface area (Å²) in [5, 5.41) is 9.98. The predicted molar refractivity (Wildman–Crippen MR) is 107 cm³/mol. The van der Waals surface area contributed by atoms with Crippen LogP contribution in [0, 0.1) is 11.6 Å². The minimum Gasteiger partial charge on any atom is -0.492 e. The largest absolute Gasteiger partial charge is 0.492 e. The van der Waals surface area contributed by atoms with E-state index in [-0.39, 0.29) is 11.4 Å². The second-order valence-electron chi connectivity index (χ2n) is 8.54. The van der Waals surface area contributed by atoms with Gasteiger partial charge in [0.2, 0.25) is 0 Å². The van der Waals surface area contributed by atoms with Gasteiger partial charge in [0.15, 0.2) is 11.6 Å². The quantitative estimate of drug-likeness (QED) is 0.799. The van der Waals surface area contributed by atoms with Gasteiger partial charge < -0.3 is 14.7 Å². The number of hydrogen-bond acceptors (Lipinski definition) is 5. The molecule has 158 valence electrons. The number of piperazine rings is 1. The number of aliphatic hydroxyl groups is 1. The second-order valence-corrected chi connectivity index (χ2v) is 8.54. The summed E-state index contributed by atoms with van der Waals surface area (Å²) < 4.78 is 34.8. The second kappa shape index (κ2) is 8.93. The molecule has 1 N–H and O–H groups in total. The van der Waals surface area contributed by atoms with Gasteiger partial charge in [-0.25, -0.2) is 8.78 Å². The van der Waals surface area contributed by atoms with Gasteiger partial charge in [0.1, 0.15) is 18.0 Å². The molecule has 0 atom stereocenters. The number of benzene rings is 1. The van der Waals surface area contributed by atoms with E-state index in [1.807, 2.05) is 6.92 Å². The molecule has 2 aliphatic heterocycles. The summed E-state index contributed by atoms with van der Waals surface area (Å²) in [7, 11) is 0. The number of likely N-dealkylation sites (tertiary alicyclic amines) is 1. The van der Waals surface area contributed by atoms with Crippen LogP contribution in [0.15, 0.2) is 12.1 Å². The maximum absolute atomic E-state index is 14.6. The molecule has 0 unspecified atom stereocenters. The summed E-state index contributed by atoms with van der Waals surface area (Å²) in [6, 6.07) is 3.02. The fourth-order valence-corrected chi connectivity index (χ4v) is 3.94. The monoisotopic (exact) mass is 397 g/mol. The summed E-state index contributed by atoms with van der Waals surface area (Å²) in [4.78, 5) is 6.30. The molecule has 28 heavy (non-hydrogen) atoms. The van der Waals surface area contributed by atoms with Crippen molar-refractivity contribution in [2.75, 3.05) is 57.3 Å². The number of ether oxygens (including phenoxy) is 1. The highest BCUT2D eigenvalue weighted by atomic mass is 19.1. The highest BCUT2D eigenvalue weighted by Crippen LogP contribution is 2.29. The SMILES string of the molecule is CC(C)N1CCN(c2c(F)cc(OCCN3CCC(C)(O)CC3)cc2F)CC1. The molecule has 0 bridgehead atoms. The fraction of sp³-hybridized carbons (Fsp3) is 0.714. The Morgan fingerprint density at radius 1 is 1.04 bits per heavy atom. The Kier molecular flexibility index (Phi) is 6.78. The van der Waals surface area contributed by atoms with Crippen LogP contribution >= 0.6 is 0 Å². The number of halogens is 2. The molecule has 3 rings (SSSR count). The standard InChI is InChI=1S/C21H33F2N3O2/c1-16(2)25-8-10-26(11-9-25)20-18(22)14-17(15-19(20)23)28-13-12-24-6-4-21(3,27)5-7-24/h14-16,27H,4-13H2,1-3H3. The summed E-state index contributed by atoms with van der Waals surface area (Å²) >= 11 is 0. The Bertz CT molecular complexity index is 628. The molecule has 1 aromatic carbocycles. The average Bonchev–Trinajstić information content (AvgIpc) is 2.63. The molecule has 0 aromatic heterocycles. The summed E-state index contributed by atoms with van der Waals surface area (Å²) in [6.45, 7) is 11.6. The van der Waals surface area contributed by atoms with E-state index >= 15 is 0 Å². The molecule has 2 saturated heterocycles. The number of hydrogen-bond donors (Lipinski definition) is 1. The maximum Gasteiger partial charge on any atom is 0.153 e. The first-order valence-electron chi connectivity index (χ1n) is 10.3. The molecular formula is C21H33F2N3O2. The summed E-state index contributed by atoms with van der Waals surface area (Å²) in [5.74, 6) is -0.910. The van der Waals surface area contributed by atoms with Crippen LogP contribution in [0.4, 0.5) is 14.5 Å². The first-order valence-corrected chi connectivity index (χ1v) is 10.3. The van der Waals surface area contributed by atoms with Gasteiger partial charge in [-0.2, -0.15) is 0 Å². The fourth-order valence-electron chi connectivity index (χ4n) is 3.94. The minimum atomic E-state index is -0.583. The van der Waals surface area contributed by atoms with Crippen molar-refractivity contribution in [3.63, 3.8) is 0 Å². The van der Waals surface area contributed by atoms with E-state index in [1.165, 1.54) is 12.1 Å². The van der Waals surface area contributed by atoms with Crippen LogP contribution in [0.2, 0.25) is 0 Å². The van der Waals surface area contributed by atoms with E-state index in [1.54, 1.807) is 4.90 Å². The molecule has 2 heterocycles. The van der Waals surface area contributed by atoms with Crippen LogP contribution in [-0.2, 0) is 0 Å². The van der Waals surface area contributed by atoms with Crippen molar-refractivity contribution >= 4 is 5.69 Å². The number of anilines is 1. The Morgan fingerprint density at radius 3 is 2.14 bits per heavy atom. The third-order valence-corrected chi connectivity index (χ3v) is 5.96. The molecule has 2 fully saturated rings. The zero-order valence-corrected chi connectivity index (χ0v) is 17.3. The van der Waals surface area contributed by atoms with Gasteiger partial charge in [-0.15, -0.1) is 0 Å². The van der Waals surface area contributed by atoms with Crippen molar-refractivity contribution in [3.05, 3.63) is 23.8 Å². The van der Waals surface area contributed by atoms with E-state index in [9.17, 15) is 13.9 Å². The molecule has 1 aromatic rings. The minimum absolute atomic E-state index is 0.0500. The van der Waals surface area contributed by atoms with Gasteiger partial charge in [-0.1, -0.05) is 0 Å². The Labute approximate surface area is 166 Å². The van der Waals surface area contributed by atoms with Crippen molar-refractivity contribution in [3.8, 4) is 5.75 Å². The van der Waals surface area contributed by atoms with Crippen molar-refractivity contribution in [1.82, 2.24) is 9.80 Å². The first-order chi connectivity index (χ1) is 13.2. The van der Waals surface area contributed by atoms with Crippen LogP contribution < -0.4 is 9.64 Å². The van der Waals surface area contributed by atoms with Gasteiger partial charge >= 0.3 is 0 Å². The Balaban J connectivity index is 1.52. The molecule has 2 aliphatic rings. The van der Waals surface area contributed by atoms with Gasteiger partial charge in [-0.05, 0) is 33.6 Å². The Morgan fingerprint density at radius 2 is 1.61 bits per heavy atom. The van der Waals surface area contributed by atoms with E-state index in [2.05, 4.69) is 23.6 Å². The zero-order chi connectivity index (χ0) is 20.3. The van der Waals surface area contributed by atoms with Crippen LogP contribution in [0.1, 0.15) is 33.6 Å². The molecule has 0 amide bonds. The topological polar surface area (TPSA) is 39.2 Å².